The molecule has 1 rings (SSSR count). The lowest BCUT2D eigenvalue weighted by molar-refractivity contribution is 0.133. The Morgan fingerprint density at radius 3 is 2.62 bits per heavy atom. The van der Waals surface area contributed by atoms with Gasteiger partial charge in [0.15, 0.2) is 0 Å². The van der Waals surface area contributed by atoms with Crippen molar-refractivity contribution in [1.29, 1.82) is 0 Å². The molecule has 0 aromatic carbocycles. The van der Waals surface area contributed by atoms with Gasteiger partial charge >= 0.3 is 0 Å². The van der Waals surface area contributed by atoms with Gasteiger partial charge in [-0.1, -0.05) is 20.8 Å². The second-order valence-corrected chi connectivity index (χ2v) is 4.96. The fraction of sp³-hybridized carbons (Fsp3) is 0.700. The molecule has 74 valence electrons. The molecule has 1 aromatic heterocycles. The third kappa shape index (κ3) is 3.08. The molecule has 2 nitrogen and oxygen atoms in total. The molecule has 0 aliphatic rings. The van der Waals surface area contributed by atoms with Crippen LogP contribution in [0.25, 0.3) is 0 Å². The average Bonchev–Trinajstić information content (AvgIpc) is 2.47. The van der Waals surface area contributed by atoms with Gasteiger partial charge in [-0.15, -0.1) is 11.3 Å². The molecule has 0 atom stereocenters. The van der Waals surface area contributed by atoms with E-state index in [4.69, 9.17) is 4.74 Å². The number of hydrogen-bond acceptors (Lipinski definition) is 3. The Morgan fingerprint density at radius 2 is 2.15 bits per heavy atom. The summed E-state index contributed by atoms with van der Waals surface area (Å²) in [5.41, 5.74) is 1.31. The molecular formula is C10H17NOS. The molecule has 0 aliphatic carbocycles. The third-order valence-electron chi connectivity index (χ3n) is 1.75. The highest BCUT2D eigenvalue weighted by Gasteiger charge is 2.17. The Bertz CT molecular complexity index is 262. The van der Waals surface area contributed by atoms with Gasteiger partial charge in [0.1, 0.15) is 5.01 Å². The predicted molar refractivity (Wildman–Crippen MR) is 56.1 cm³/mol. The maximum atomic E-state index is 5.29. The molecule has 0 spiro atoms. The molecule has 0 saturated heterocycles. The van der Waals surface area contributed by atoms with E-state index in [9.17, 15) is 0 Å². The molecule has 13 heavy (non-hydrogen) atoms. The van der Waals surface area contributed by atoms with E-state index in [0.29, 0.717) is 6.61 Å². The highest BCUT2D eigenvalue weighted by atomic mass is 32.1. The summed E-state index contributed by atoms with van der Waals surface area (Å²) >= 11 is 1.68. The Hall–Kier alpha value is -0.410. The molecular weight excluding hydrogens is 182 g/mol. The number of thiazole rings is 1. The van der Waals surface area contributed by atoms with Crippen molar-refractivity contribution in [2.45, 2.75) is 39.7 Å². The first kappa shape index (κ1) is 10.7. The van der Waals surface area contributed by atoms with Gasteiger partial charge in [0, 0.05) is 17.4 Å². The quantitative estimate of drug-likeness (QED) is 0.746. The first-order valence-electron chi connectivity index (χ1n) is 4.56. The zero-order valence-electron chi connectivity index (χ0n) is 8.76. The zero-order valence-corrected chi connectivity index (χ0v) is 9.57. The van der Waals surface area contributed by atoms with Gasteiger partial charge in [-0.3, -0.25) is 0 Å². The molecule has 3 heteroatoms. The fourth-order valence-electron chi connectivity index (χ4n) is 0.911. The number of ether oxygens (including phenoxy) is 1. The molecule has 1 heterocycles. The molecule has 0 N–H and O–H groups in total. The molecule has 0 saturated carbocycles. The van der Waals surface area contributed by atoms with Gasteiger partial charge in [-0.25, -0.2) is 4.98 Å². The van der Waals surface area contributed by atoms with Crippen molar-refractivity contribution in [3.63, 3.8) is 0 Å². The second kappa shape index (κ2) is 4.20. The van der Waals surface area contributed by atoms with E-state index in [-0.39, 0.29) is 5.41 Å². The normalized spacial score (nSPS) is 12.0. The van der Waals surface area contributed by atoms with Crippen molar-refractivity contribution in [2.75, 3.05) is 6.61 Å². The summed E-state index contributed by atoms with van der Waals surface area (Å²) < 4.78 is 5.29. The van der Waals surface area contributed by atoms with Crippen LogP contribution in [-0.4, -0.2) is 11.6 Å². The van der Waals surface area contributed by atoms with E-state index >= 15 is 0 Å². The molecule has 0 unspecified atom stereocenters. The zero-order chi connectivity index (χ0) is 9.90. The van der Waals surface area contributed by atoms with Crippen LogP contribution in [0.15, 0.2) is 5.38 Å². The minimum Gasteiger partial charge on any atom is -0.375 e. The van der Waals surface area contributed by atoms with Crippen molar-refractivity contribution < 1.29 is 4.74 Å². The fourth-order valence-corrected chi connectivity index (χ4v) is 1.87. The van der Waals surface area contributed by atoms with Crippen molar-refractivity contribution in [2.24, 2.45) is 0 Å². The lowest BCUT2D eigenvalue weighted by Crippen LogP contribution is -2.11. The van der Waals surface area contributed by atoms with E-state index in [1.807, 2.05) is 6.92 Å². The predicted octanol–water partition coefficient (Wildman–Crippen LogP) is 2.98. The van der Waals surface area contributed by atoms with Crippen LogP contribution in [0.2, 0.25) is 0 Å². The van der Waals surface area contributed by atoms with Crippen molar-refractivity contribution in [3.05, 3.63) is 16.1 Å². The maximum absolute atomic E-state index is 5.29. The summed E-state index contributed by atoms with van der Waals surface area (Å²) in [6.45, 7) is 9.92. The Balaban J connectivity index is 2.64. The van der Waals surface area contributed by atoms with Gasteiger partial charge in [0.2, 0.25) is 0 Å². The summed E-state index contributed by atoms with van der Waals surface area (Å²) in [7, 11) is 0. The minimum atomic E-state index is 0.154. The summed E-state index contributed by atoms with van der Waals surface area (Å²) in [5.74, 6) is 0. The van der Waals surface area contributed by atoms with Gasteiger partial charge < -0.3 is 4.74 Å². The first-order chi connectivity index (χ1) is 6.04. The van der Waals surface area contributed by atoms with E-state index in [0.717, 1.165) is 17.3 Å². The molecule has 1 aromatic rings. The Kier molecular flexibility index (Phi) is 3.45. The van der Waals surface area contributed by atoms with Gasteiger partial charge in [-0.2, -0.15) is 0 Å². The van der Waals surface area contributed by atoms with Crippen LogP contribution in [0.5, 0.6) is 0 Å². The largest absolute Gasteiger partial charge is 0.375 e. The minimum absolute atomic E-state index is 0.154. The second-order valence-electron chi connectivity index (χ2n) is 4.01. The number of hydrogen-bond donors (Lipinski definition) is 0. The van der Waals surface area contributed by atoms with Gasteiger partial charge in [-0.05, 0) is 6.92 Å². The molecule has 0 bridgehead atoms. The lowest BCUT2D eigenvalue weighted by atomic mass is 9.93. The lowest BCUT2D eigenvalue weighted by Gasteiger charge is -2.14. The monoisotopic (exact) mass is 199 g/mol. The highest BCUT2D eigenvalue weighted by molar-refractivity contribution is 7.09. The van der Waals surface area contributed by atoms with Gasteiger partial charge in [0.25, 0.3) is 0 Å². The SMILES string of the molecule is CCOCc1nc(C(C)(C)C)cs1. The van der Waals surface area contributed by atoms with Crippen LogP contribution in [0.3, 0.4) is 0 Å². The summed E-state index contributed by atoms with van der Waals surface area (Å²) in [5, 5.41) is 3.20. The molecule has 0 amide bonds. The smallest absolute Gasteiger partial charge is 0.119 e. The Morgan fingerprint density at radius 1 is 1.46 bits per heavy atom. The van der Waals surface area contributed by atoms with E-state index < -0.39 is 0 Å². The summed E-state index contributed by atoms with van der Waals surface area (Å²) in [6.07, 6.45) is 0. The van der Waals surface area contributed by atoms with Crippen molar-refractivity contribution in [3.8, 4) is 0 Å². The molecule has 0 aliphatic heterocycles. The summed E-state index contributed by atoms with van der Waals surface area (Å²) in [6, 6.07) is 0. The van der Waals surface area contributed by atoms with E-state index in [1.165, 1.54) is 0 Å². The van der Waals surface area contributed by atoms with Crippen LogP contribution in [0, 0.1) is 0 Å². The van der Waals surface area contributed by atoms with Crippen LogP contribution < -0.4 is 0 Å². The first-order valence-corrected chi connectivity index (χ1v) is 5.44. The van der Waals surface area contributed by atoms with Crippen LogP contribution in [0.4, 0.5) is 0 Å². The topological polar surface area (TPSA) is 22.1 Å². The van der Waals surface area contributed by atoms with Crippen molar-refractivity contribution >= 4 is 11.3 Å². The van der Waals surface area contributed by atoms with E-state index in [2.05, 4.69) is 31.1 Å². The van der Waals surface area contributed by atoms with Gasteiger partial charge in [0.05, 0.1) is 12.3 Å². The highest BCUT2D eigenvalue weighted by Crippen LogP contribution is 2.23. The number of nitrogens with zero attached hydrogens (tertiary/aromatic N) is 1. The Labute approximate surface area is 84.0 Å². The summed E-state index contributed by atoms with van der Waals surface area (Å²) in [4.78, 5) is 4.51. The third-order valence-corrected chi connectivity index (χ3v) is 2.57. The standard InChI is InChI=1S/C10H17NOS/c1-5-12-6-9-11-8(7-13-9)10(2,3)4/h7H,5-6H2,1-4H3. The number of rotatable bonds is 3. The van der Waals surface area contributed by atoms with Crippen molar-refractivity contribution in [1.82, 2.24) is 4.98 Å². The number of aromatic nitrogens is 1. The molecule has 0 fully saturated rings. The van der Waals surface area contributed by atoms with Crippen LogP contribution in [-0.2, 0) is 16.8 Å². The average molecular weight is 199 g/mol. The van der Waals surface area contributed by atoms with Crippen LogP contribution in [0.1, 0.15) is 38.4 Å². The van der Waals surface area contributed by atoms with Crippen LogP contribution >= 0.6 is 11.3 Å². The maximum Gasteiger partial charge on any atom is 0.119 e. The van der Waals surface area contributed by atoms with E-state index in [1.54, 1.807) is 11.3 Å². The molecule has 0 radical (unpaired) electrons.